The van der Waals surface area contributed by atoms with Gasteiger partial charge < -0.3 is 52.7 Å². The molecule has 0 fully saturated rings. The second-order valence-corrected chi connectivity index (χ2v) is 8.01. The largest absolute Gasteiger partial charge is 2.00 e. The van der Waals surface area contributed by atoms with Gasteiger partial charge in [-0.1, -0.05) is 24.3 Å². The summed E-state index contributed by atoms with van der Waals surface area (Å²) in [6.45, 7) is 0. The normalized spacial score (nSPS) is 9.73. The molecule has 0 spiro atoms. The van der Waals surface area contributed by atoms with E-state index in [1.165, 1.54) is 48.5 Å². The summed E-state index contributed by atoms with van der Waals surface area (Å²) >= 11 is 0. The van der Waals surface area contributed by atoms with Gasteiger partial charge in [0, 0.05) is 12.1 Å². The maximum Gasteiger partial charge on any atom is 2.00 e. The van der Waals surface area contributed by atoms with Crippen LogP contribution in [0.2, 0.25) is 0 Å². The van der Waals surface area contributed by atoms with Crippen LogP contribution in [0.5, 0.6) is 0 Å². The Labute approximate surface area is 222 Å². The van der Waals surface area contributed by atoms with Crippen molar-refractivity contribution in [3.63, 3.8) is 0 Å². The molecule has 21 heteroatoms. The van der Waals surface area contributed by atoms with Gasteiger partial charge in [-0.15, -0.1) is 0 Å². The number of carboxylic acids is 2. The number of nitro groups is 2. The van der Waals surface area contributed by atoms with Gasteiger partial charge in [0.05, 0.1) is 54.9 Å². The van der Waals surface area contributed by atoms with Gasteiger partial charge in [-0.25, -0.2) is 0 Å². The van der Waals surface area contributed by atoms with Crippen LogP contribution >= 0.6 is 0 Å². The van der Waals surface area contributed by atoms with Crippen LogP contribution in [-0.4, -0.2) is 63.6 Å². The molecule has 2 atom stereocenters. The number of benzene rings is 2. The Morgan fingerprint density at radius 3 is 1.11 bits per heavy atom. The van der Waals surface area contributed by atoms with E-state index in [0.29, 0.717) is 0 Å². The number of carboxylic acid groups (broad SMARTS) is 2. The molecule has 0 saturated heterocycles. The number of carbonyl (C=O) groups is 2. The van der Waals surface area contributed by atoms with Crippen molar-refractivity contribution < 1.29 is 88.0 Å². The predicted molar refractivity (Wildman–Crippen MR) is 123 cm³/mol. The molecule has 0 aliphatic rings. The van der Waals surface area contributed by atoms with Crippen molar-refractivity contribution in [1.29, 1.82) is 0 Å². The summed E-state index contributed by atoms with van der Waals surface area (Å²) < 4.78 is 22.7. The molecule has 18 nitrogen and oxygen atoms in total. The number of hydrogen-bond acceptors (Lipinski definition) is 10. The molecular weight excluding hydrogens is 604 g/mol. The standard InChI is InChI=1S/2C8H7NO5S.Cu.6H2O/c2*10-8(11)5-15(14)7-4-2-1-3-6(7)9(12)13;;;;;;;/h2*1-4H,5H2,(H,10,11);;6*1H2/q;;+2;;;;;;/t2*15-;;;;;;;/m10......./s1. The third kappa shape index (κ3) is 17.0. The van der Waals surface area contributed by atoms with E-state index in [-0.39, 0.29) is 71.1 Å². The fraction of sp³-hybridized carbons (Fsp3) is 0.125. The van der Waals surface area contributed by atoms with Gasteiger partial charge in [-0.3, -0.25) is 28.6 Å². The first-order valence-electron chi connectivity index (χ1n) is 7.67. The van der Waals surface area contributed by atoms with Gasteiger partial charge in [0.15, 0.2) is 0 Å². The van der Waals surface area contributed by atoms with Crippen molar-refractivity contribution in [3.05, 3.63) is 68.8 Å². The zero-order valence-corrected chi connectivity index (χ0v) is 20.9. The molecule has 217 valence electrons. The van der Waals surface area contributed by atoms with Crippen molar-refractivity contribution in [2.75, 3.05) is 11.5 Å². The number of hydrogen-bond donors (Lipinski definition) is 0. The third-order valence-electron chi connectivity index (χ3n) is 3.11. The Hall–Kier alpha value is -3.24. The number of carbonyl (C=O) groups excluding carboxylic acids is 2. The first-order chi connectivity index (χ1) is 14.0. The minimum Gasteiger partial charge on any atom is -0.549 e. The average Bonchev–Trinajstić information content (AvgIpc) is 2.67. The predicted octanol–water partition coefficient (Wildman–Crippen LogP) is -6.24. The molecule has 0 heterocycles. The first kappa shape index (κ1) is 50.6. The summed E-state index contributed by atoms with van der Waals surface area (Å²) in [5, 5.41) is 41.4. The van der Waals surface area contributed by atoms with E-state index >= 15 is 0 Å². The topological polar surface area (TPSA) is 393 Å². The Balaban J connectivity index is -0.0000000818. The quantitative estimate of drug-likeness (QED) is 0.115. The second-order valence-electron chi connectivity index (χ2n) is 5.17. The Morgan fingerprint density at radius 1 is 0.649 bits per heavy atom. The minimum absolute atomic E-state index is 0. The van der Waals surface area contributed by atoms with Crippen LogP contribution in [0.3, 0.4) is 0 Å². The van der Waals surface area contributed by atoms with Gasteiger partial charge >= 0.3 is 17.1 Å². The molecule has 0 unspecified atom stereocenters. The van der Waals surface area contributed by atoms with Crippen molar-refractivity contribution in [2.45, 2.75) is 9.79 Å². The Bertz CT molecular complexity index is 958. The number of nitrogens with zero attached hydrogens (tertiary/aromatic N) is 2. The molecule has 0 aliphatic heterocycles. The zero-order chi connectivity index (χ0) is 22.8. The summed E-state index contributed by atoms with van der Waals surface area (Å²) in [6, 6.07) is 10.6. The number of para-hydroxylation sites is 2. The molecule has 0 saturated carbocycles. The molecule has 37 heavy (non-hydrogen) atoms. The number of nitro benzene ring substituents is 2. The van der Waals surface area contributed by atoms with Gasteiger partial charge in [0.25, 0.3) is 11.4 Å². The molecule has 2 aromatic carbocycles. The number of aliphatic carboxylic acids is 2. The molecule has 2 aromatic rings. The van der Waals surface area contributed by atoms with Crippen LogP contribution in [0.15, 0.2) is 58.3 Å². The van der Waals surface area contributed by atoms with E-state index in [2.05, 4.69) is 0 Å². The molecule has 2 rings (SSSR count). The van der Waals surface area contributed by atoms with E-state index < -0.39 is 54.9 Å². The fourth-order valence-electron chi connectivity index (χ4n) is 1.97. The summed E-state index contributed by atoms with van der Waals surface area (Å²) in [7, 11) is -3.90. The van der Waals surface area contributed by atoms with Gasteiger partial charge in [0.2, 0.25) is 0 Å². The van der Waals surface area contributed by atoms with Crippen molar-refractivity contribution in [3.8, 4) is 0 Å². The summed E-state index contributed by atoms with van der Waals surface area (Å²) in [6.07, 6.45) is 0. The monoisotopic (exact) mass is 629 g/mol. The Kier molecular flexibility index (Phi) is 33.4. The van der Waals surface area contributed by atoms with Crippen molar-refractivity contribution >= 4 is 44.9 Å². The van der Waals surface area contributed by atoms with Crippen LogP contribution in [0.4, 0.5) is 11.4 Å². The van der Waals surface area contributed by atoms with E-state index in [0.717, 1.165) is 0 Å². The van der Waals surface area contributed by atoms with E-state index in [4.69, 9.17) is 0 Å². The SMILES string of the molecule is O.O.O.O.O=C([O-])C[S@@](=O)c1ccccc1[N+](=O)[O-].O=C([O-])C[S@](=O)c1ccccc1[N+](=O)[O-].[Cu+2].[OH3+].[OH3+]. The first-order valence-corrected chi connectivity index (χ1v) is 10.3. The zero-order valence-electron chi connectivity index (χ0n) is 18.3. The summed E-state index contributed by atoms with van der Waals surface area (Å²) in [5.74, 6) is -4.51. The molecular formula is C16H26CuN2O16S2+2. The maximum absolute atomic E-state index is 11.4. The van der Waals surface area contributed by atoms with Crippen LogP contribution < -0.4 is 10.2 Å². The minimum atomic E-state index is -1.95. The van der Waals surface area contributed by atoms with Gasteiger partial charge in [-0.2, -0.15) is 0 Å². The fourth-order valence-corrected chi connectivity index (χ4v) is 3.92. The van der Waals surface area contributed by atoms with Crippen LogP contribution in [0.25, 0.3) is 0 Å². The van der Waals surface area contributed by atoms with Crippen molar-refractivity contribution in [2.24, 2.45) is 0 Å². The van der Waals surface area contributed by atoms with Crippen molar-refractivity contribution in [1.82, 2.24) is 0 Å². The summed E-state index contributed by atoms with van der Waals surface area (Å²) in [4.78, 5) is 39.8. The molecule has 0 aliphatic carbocycles. The van der Waals surface area contributed by atoms with Crippen LogP contribution in [0.1, 0.15) is 0 Å². The summed E-state index contributed by atoms with van der Waals surface area (Å²) in [5.41, 5.74) is -0.700. The van der Waals surface area contributed by atoms with Crippen LogP contribution in [0, 0.1) is 20.2 Å². The number of rotatable bonds is 8. The molecule has 14 N–H and O–H groups in total. The third-order valence-corrected chi connectivity index (χ3v) is 5.78. The molecule has 0 amide bonds. The smallest absolute Gasteiger partial charge is 0.549 e. The van der Waals surface area contributed by atoms with Crippen LogP contribution in [-0.2, 0) is 59.2 Å². The van der Waals surface area contributed by atoms with E-state index in [1.54, 1.807) is 0 Å². The van der Waals surface area contributed by atoms with E-state index in [9.17, 15) is 48.4 Å². The molecule has 1 radical (unpaired) electrons. The van der Waals surface area contributed by atoms with E-state index in [1.807, 2.05) is 0 Å². The molecule has 0 bridgehead atoms. The average molecular weight is 630 g/mol. The second kappa shape index (κ2) is 24.5. The van der Waals surface area contributed by atoms with Gasteiger partial charge in [-0.05, 0) is 12.1 Å². The Morgan fingerprint density at radius 2 is 0.892 bits per heavy atom. The maximum atomic E-state index is 11.4. The molecule has 0 aromatic heterocycles. The van der Waals surface area contributed by atoms with Gasteiger partial charge in [0.1, 0.15) is 9.79 Å².